The van der Waals surface area contributed by atoms with E-state index in [4.69, 9.17) is 56.1 Å². The molecule has 1 aliphatic heterocycles. The highest BCUT2D eigenvalue weighted by Crippen LogP contribution is 2.30. The number of methoxy groups -OCH3 is 1. The lowest BCUT2D eigenvalue weighted by atomic mass is 10.0. The maximum absolute atomic E-state index is 6.50. The molecule has 0 aliphatic carbocycles. The lowest BCUT2D eigenvalue weighted by Gasteiger charge is -2.06. The van der Waals surface area contributed by atoms with Crippen LogP contribution in [0.15, 0.2) is 83.3 Å². The van der Waals surface area contributed by atoms with Gasteiger partial charge in [-0.25, -0.2) is 4.99 Å². The molecule has 0 saturated heterocycles. The number of hydrogen-bond acceptors (Lipinski definition) is 2. The predicted octanol–water partition coefficient (Wildman–Crippen LogP) is 8.51. The third kappa shape index (κ3) is 5.42. The minimum absolute atomic E-state index is 0.602. The number of allylic oxidation sites excluding steroid dienone is 1. The van der Waals surface area contributed by atoms with Gasteiger partial charge in [-0.3, -0.25) is 0 Å². The lowest BCUT2D eigenvalue weighted by molar-refractivity contribution is 0.303. The number of benzene rings is 2. The molecule has 0 fully saturated rings. The number of aromatic amines is 2. The van der Waals surface area contributed by atoms with E-state index in [1.165, 1.54) is 0 Å². The van der Waals surface area contributed by atoms with Gasteiger partial charge >= 0.3 is 0 Å². The summed E-state index contributed by atoms with van der Waals surface area (Å²) in [5, 5.41) is 2.45. The van der Waals surface area contributed by atoms with Crippen LogP contribution in [0, 0.1) is 0 Å². The molecule has 3 heterocycles. The molecule has 1 aliphatic rings. The summed E-state index contributed by atoms with van der Waals surface area (Å²) < 4.78 is 5.63. The van der Waals surface area contributed by atoms with E-state index >= 15 is 0 Å². The molecule has 0 spiro atoms. The fourth-order valence-electron chi connectivity index (χ4n) is 4.13. The van der Waals surface area contributed by atoms with Gasteiger partial charge in [-0.2, -0.15) is 0 Å². The van der Waals surface area contributed by atoms with Crippen molar-refractivity contribution in [1.82, 2.24) is 9.97 Å². The SMILES string of the molecule is COC1=CC(c2ccc[nH]2)=N/C1=C\c1[nH]c(Cc2ccc(Cl)cc2Cl)cc1Cc1ccc(Cl)cc1Cl. The molecule has 0 amide bonds. The van der Waals surface area contributed by atoms with Crippen LogP contribution in [0.4, 0.5) is 0 Å². The zero-order valence-corrected chi connectivity index (χ0v) is 22.2. The van der Waals surface area contributed by atoms with Crippen LogP contribution in [0.1, 0.15) is 33.8 Å². The van der Waals surface area contributed by atoms with Gasteiger partial charge in [0.05, 0.1) is 18.5 Å². The molecule has 4 aromatic rings. The van der Waals surface area contributed by atoms with E-state index < -0.39 is 0 Å². The maximum Gasteiger partial charge on any atom is 0.146 e. The Bertz CT molecular complexity index is 1510. The summed E-state index contributed by atoms with van der Waals surface area (Å²) in [6.45, 7) is 0. The van der Waals surface area contributed by atoms with Gasteiger partial charge in [0.15, 0.2) is 0 Å². The predicted molar refractivity (Wildman–Crippen MR) is 150 cm³/mol. The van der Waals surface area contributed by atoms with E-state index in [-0.39, 0.29) is 0 Å². The van der Waals surface area contributed by atoms with Gasteiger partial charge in [0.1, 0.15) is 11.5 Å². The van der Waals surface area contributed by atoms with Crippen LogP contribution >= 0.6 is 46.4 Å². The van der Waals surface area contributed by atoms with Gasteiger partial charge in [0, 0.05) is 56.6 Å². The maximum atomic E-state index is 6.50. The van der Waals surface area contributed by atoms with Crippen molar-refractivity contribution in [2.24, 2.45) is 4.99 Å². The fourth-order valence-corrected chi connectivity index (χ4v) is 5.09. The molecule has 8 heteroatoms. The summed E-state index contributed by atoms with van der Waals surface area (Å²) in [6.07, 6.45) is 7.01. The third-order valence-corrected chi connectivity index (χ3v) is 7.09. The zero-order chi connectivity index (χ0) is 25.2. The van der Waals surface area contributed by atoms with Gasteiger partial charge in [0.25, 0.3) is 0 Å². The number of nitrogens with zero attached hydrogens (tertiary/aromatic N) is 1. The Kier molecular flexibility index (Phi) is 7.31. The van der Waals surface area contributed by atoms with Crippen LogP contribution in [0.25, 0.3) is 6.08 Å². The monoisotopic (exact) mass is 555 g/mol. The summed E-state index contributed by atoms with van der Waals surface area (Å²) >= 11 is 25.1. The average molecular weight is 557 g/mol. The van der Waals surface area contributed by atoms with Gasteiger partial charge in [-0.15, -0.1) is 0 Å². The lowest BCUT2D eigenvalue weighted by Crippen LogP contribution is -1.93. The van der Waals surface area contributed by atoms with Crippen LogP contribution in [-0.2, 0) is 17.6 Å². The van der Waals surface area contributed by atoms with Crippen molar-refractivity contribution >= 4 is 58.2 Å². The second kappa shape index (κ2) is 10.6. The summed E-state index contributed by atoms with van der Waals surface area (Å²) in [6, 6.07) is 17.1. The second-order valence-electron chi connectivity index (χ2n) is 8.38. The Morgan fingerprint density at radius 1 is 0.861 bits per heavy atom. The van der Waals surface area contributed by atoms with Crippen molar-refractivity contribution < 1.29 is 4.74 Å². The first-order valence-corrected chi connectivity index (χ1v) is 12.7. The van der Waals surface area contributed by atoms with Crippen LogP contribution in [0.5, 0.6) is 0 Å². The standard InChI is InChI=1S/C28H21Cl4N3O/c1-36-28-15-26(24-3-2-8-33-24)35-27(28)14-25-18(9-16-4-6-19(29)12-22(16)31)11-21(34-25)10-17-5-7-20(30)13-23(17)32/h2-8,11-15,33-34H,9-10H2,1H3/b27-14-. The first kappa shape index (κ1) is 24.8. The van der Waals surface area contributed by atoms with Gasteiger partial charge in [-0.05, 0) is 65.2 Å². The highest BCUT2D eigenvalue weighted by Gasteiger charge is 2.19. The van der Waals surface area contributed by atoms with E-state index in [9.17, 15) is 0 Å². The fraction of sp³-hybridized carbons (Fsp3) is 0.107. The Morgan fingerprint density at radius 3 is 2.17 bits per heavy atom. The molecular weight excluding hydrogens is 536 g/mol. The van der Waals surface area contributed by atoms with Crippen molar-refractivity contribution in [3.63, 3.8) is 0 Å². The Labute approximate surface area is 229 Å². The van der Waals surface area contributed by atoms with E-state index in [1.54, 1.807) is 19.2 Å². The number of hydrogen-bond donors (Lipinski definition) is 2. The van der Waals surface area contributed by atoms with E-state index in [0.29, 0.717) is 38.7 Å². The normalized spacial score (nSPS) is 14.3. The molecule has 0 unspecified atom stereocenters. The second-order valence-corrected chi connectivity index (χ2v) is 10.1. The minimum Gasteiger partial charge on any atom is -0.494 e. The van der Waals surface area contributed by atoms with E-state index in [0.717, 1.165) is 45.2 Å². The molecule has 2 aromatic heterocycles. The molecular formula is C28H21Cl4N3O. The van der Waals surface area contributed by atoms with Crippen LogP contribution in [0.2, 0.25) is 20.1 Å². The van der Waals surface area contributed by atoms with Gasteiger partial charge in [0.2, 0.25) is 0 Å². The van der Waals surface area contributed by atoms with Crippen LogP contribution < -0.4 is 0 Å². The van der Waals surface area contributed by atoms with Crippen molar-refractivity contribution in [3.05, 3.63) is 132 Å². The first-order chi connectivity index (χ1) is 17.4. The molecule has 0 bridgehead atoms. The average Bonchev–Trinajstić information content (AvgIpc) is 3.58. The van der Waals surface area contributed by atoms with Crippen LogP contribution in [-0.4, -0.2) is 22.8 Å². The molecule has 0 atom stereocenters. The molecule has 36 heavy (non-hydrogen) atoms. The third-order valence-electron chi connectivity index (χ3n) is 5.92. The Hall–Kier alpha value is -2.89. The van der Waals surface area contributed by atoms with E-state index in [1.807, 2.05) is 54.7 Å². The summed E-state index contributed by atoms with van der Waals surface area (Å²) in [5.74, 6) is 0.687. The highest BCUT2D eigenvalue weighted by molar-refractivity contribution is 6.35. The number of aromatic nitrogens is 2. The number of halogens is 4. The summed E-state index contributed by atoms with van der Waals surface area (Å²) in [4.78, 5) is 11.5. The smallest absolute Gasteiger partial charge is 0.146 e. The number of H-pyrrole nitrogens is 2. The van der Waals surface area contributed by atoms with Crippen LogP contribution in [0.3, 0.4) is 0 Å². The molecule has 182 valence electrons. The highest BCUT2D eigenvalue weighted by atomic mass is 35.5. The summed E-state index contributed by atoms with van der Waals surface area (Å²) in [5.41, 5.74) is 7.38. The van der Waals surface area contributed by atoms with Crippen molar-refractivity contribution in [2.45, 2.75) is 12.8 Å². The largest absolute Gasteiger partial charge is 0.494 e. The number of aliphatic imine (C=N–C) groups is 1. The van der Waals surface area contributed by atoms with Crippen molar-refractivity contribution in [2.75, 3.05) is 7.11 Å². The Balaban J connectivity index is 1.54. The van der Waals surface area contributed by atoms with Gasteiger partial charge < -0.3 is 14.7 Å². The zero-order valence-electron chi connectivity index (χ0n) is 19.2. The van der Waals surface area contributed by atoms with E-state index in [2.05, 4.69) is 16.0 Å². The van der Waals surface area contributed by atoms with Crippen molar-refractivity contribution in [3.8, 4) is 0 Å². The number of rotatable bonds is 7. The minimum atomic E-state index is 0.602. The molecule has 0 saturated carbocycles. The molecule has 2 N–H and O–H groups in total. The number of nitrogens with one attached hydrogen (secondary N) is 2. The quantitative estimate of drug-likeness (QED) is 0.235. The molecule has 0 radical (unpaired) electrons. The van der Waals surface area contributed by atoms with Crippen molar-refractivity contribution in [1.29, 1.82) is 0 Å². The summed E-state index contributed by atoms with van der Waals surface area (Å²) in [7, 11) is 1.64. The first-order valence-electron chi connectivity index (χ1n) is 11.2. The molecule has 2 aromatic carbocycles. The number of ether oxygens (including phenoxy) is 1. The molecule has 4 nitrogen and oxygen atoms in total. The topological polar surface area (TPSA) is 53.2 Å². The molecule has 5 rings (SSSR count). The Morgan fingerprint density at radius 2 is 1.56 bits per heavy atom. The van der Waals surface area contributed by atoms with Gasteiger partial charge in [-0.1, -0.05) is 58.5 Å².